The number of sulfonamides is 1. The fourth-order valence-electron chi connectivity index (χ4n) is 1.39. The number of nitrogens with one attached hydrogen (secondary N) is 1. The minimum Gasteiger partial charge on any atom is -0.398 e. The van der Waals surface area contributed by atoms with E-state index in [2.05, 4.69) is 25.6 Å². The first-order chi connectivity index (χ1) is 8.88. The molecule has 5 nitrogen and oxygen atoms in total. The van der Waals surface area contributed by atoms with E-state index in [0.29, 0.717) is 0 Å². The molecule has 1 heterocycles. The predicted molar refractivity (Wildman–Crippen MR) is 73.6 cm³/mol. The Kier molecular flexibility index (Phi) is 3.72. The summed E-state index contributed by atoms with van der Waals surface area (Å²) in [6, 6.07) is 6.20. The van der Waals surface area contributed by atoms with Gasteiger partial charge in [-0.25, -0.2) is 17.8 Å². The maximum atomic E-state index is 12.9. The molecule has 2 rings (SSSR count). The van der Waals surface area contributed by atoms with Crippen molar-refractivity contribution in [2.24, 2.45) is 0 Å². The Morgan fingerprint density at radius 2 is 2.00 bits per heavy atom. The SMILES string of the molecule is Nc1cc(F)ccc1S(=O)(=O)Nc1ccc(Br)cn1. The van der Waals surface area contributed by atoms with Crippen molar-refractivity contribution in [3.63, 3.8) is 0 Å². The third-order valence-corrected chi connectivity index (χ3v) is 4.13. The third kappa shape index (κ3) is 3.21. The zero-order valence-electron chi connectivity index (χ0n) is 9.47. The molecule has 0 unspecified atom stereocenters. The van der Waals surface area contributed by atoms with E-state index in [1.54, 1.807) is 6.07 Å². The van der Waals surface area contributed by atoms with Crippen molar-refractivity contribution in [2.45, 2.75) is 4.90 Å². The van der Waals surface area contributed by atoms with Crippen LogP contribution in [0.4, 0.5) is 15.9 Å². The molecule has 19 heavy (non-hydrogen) atoms. The molecule has 0 amide bonds. The highest BCUT2D eigenvalue weighted by atomic mass is 79.9. The topological polar surface area (TPSA) is 85.1 Å². The summed E-state index contributed by atoms with van der Waals surface area (Å²) in [7, 11) is -3.89. The number of hydrogen-bond donors (Lipinski definition) is 2. The van der Waals surface area contributed by atoms with Crippen LogP contribution in [0.15, 0.2) is 45.9 Å². The van der Waals surface area contributed by atoms with E-state index in [0.717, 1.165) is 22.7 Å². The summed E-state index contributed by atoms with van der Waals surface area (Å²) in [6.07, 6.45) is 1.45. The van der Waals surface area contributed by atoms with Crippen molar-refractivity contribution in [2.75, 3.05) is 10.5 Å². The number of benzene rings is 1. The summed E-state index contributed by atoms with van der Waals surface area (Å²) in [5, 5.41) is 0. The van der Waals surface area contributed by atoms with E-state index in [1.165, 1.54) is 12.3 Å². The molecule has 8 heteroatoms. The maximum absolute atomic E-state index is 12.9. The van der Waals surface area contributed by atoms with Crippen molar-refractivity contribution in [3.8, 4) is 0 Å². The molecule has 0 aliphatic heterocycles. The monoisotopic (exact) mass is 345 g/mol. The number of rotatable bonds is 3. The van der Waals surface area contributed by atoms with Crippen molar-refractivity contribution in [1.82, 2.24) is 4.98 Å². The third-order valence-electron chi connectivity index (χ3n) is 2.23. The first kappa shape index (κ1) is 13.8. The molecular formula is C11H9BrFN3O2S. The molecule has 0 saturated carbocycles. The van der Waals surface area contributed by atoms with Gasteiger partial charge in [-0.2, -0.15) is 0 Å². The van der Waals surface area contributed by atoms with Crippen LogP contribution < -0.4 is 10.5 Å². The van der Waals surface area contributed by atoms with Gasteiger partial charge >= 0.3 is 0 Å². The number of halogens is 2. The molecule has 100 valence electrons. The molecule has 0 spiro atoms. The molecular weight excluding hydrogens is 337 g/mol. The fourth-order valence-corrected chi connectivity index (χ4v) is 2.75. The van der Waals surface area contributed by atoms with Crippen LogP contribution in [0.3, 0.4) is 0 Å². The predicted octanol–water partition coefficient (Wildman–Crippen LogP) is 2.37. The van der Waals surface area contributed by atoms with Gasteiger partial charge in [0.25, 0.3) is 10.0 Å². The summed E-state index contributed by atoms with van der Waals surface area (Å²) >= 11 is 3.19. The van der Waals surface area contributed by atoms with Crippen LogP contribution in [0.25, 0.3) is 0 Å². The zero-order valence-corrected chi connectivity index (χ0v) is 11.9. The van der Waals surface area contributed by atoms with Crippen molar-refractivity contribution < 1.29 is 12.8 Å². The van der Waals surface area contributed by atoms with Gasteiger partial charge in [-0.1, -0.05) is 0 Å². The molecule has 1 aromatic carbocycles. The lowest BCUT2D eigenvalue weighted by Gasteiger charge is -2.09. The number of aromatic nitrogens is 1. The Bertz CT molecular complexity index is 704. The largest absolute Gasteiger partial charge is 0.398 e. The van der Waals surface area contributed by atoms with Gasteiger partial charge in [0.1, 0.15) is 16.5 Å². The number of nitrogens with two attached hydrogens (primary N) is 1. The van der Waals surface area contributed by atoms with Crippen LogP contribution >= 0.6 is 15.9 Å². The zero-order chi connectivity index (χ0) is 14.0. The minimum atomic E-state index is -3.89. The molecule has 0 atom stereocenters. The Hall–Kier alpha value is -1.67. The van der Waals surface area contributed by atoms with Gasteiger partial charge < -0.3 is 5.73 Å². The summed E-state index contributed by atoms with van der Waals surface area (Å²) in [5.41, 5.74) is 5.34. The van der Waals surface area contributed by atoms with E-state index in [4.69, 9.17) is 5.73 Å². The van der Waals surface area contributed by atoms with Crippen LogP contribution in [-0.4, -0.2) is 13.4 Å². The molecule has 0 saturated heterocycles. The number of hydrogen-bond acceptors (Lipinski definition) is 4. The summed E-state index contributed by atoms with van der Waals surface area (Å²) in [4.78, 5) is 3.69. The molecule has 3 N–H and O–H groups in total. The highest BCUT2D eigenvalue weighted by Crippen LogP contribution is 2.22. The average Bonchev–Trinajstić information content (AvgIpc) is 2.31. The Balaban J connectivity index is 2.35. The second kappa shape index (κ2) is 5.14. The first-order valence-electron chi connectivity index (χ1n) is 5.08. The van der Waals surface area contributed by atoms with Gasteiger partial charge in [0.05, 0.1) is 5.69 Å². The van der Waals surface area contributed by atoms with Gasteiger partial charge in [-0.05, 0) is 46.3 Å². The Morgan fingerprint density at radius 1 is 1.26 bits per heavy atom. The van der Waals surface area contributed by atoms with Gasteiger partial charge in [-0.3, -0.25) is 4.72 Å². The van der Waals surface area contributed by atoms with Crippen molar-refractivity contribution in [1.29, 1.82) is 0 Å². The number of pyridine rings is 1. The number of anilines is 2. The summed E-state index contributed by atoms with van der Waals surface area (Å²) in [5.74, 6) is -0.454. The second-order valence-corrected chi connectivity index (χ2v) is 6.22. The van der Waals surface area contributed by atoms with Crippen LogP contribution in [0.2, 0.25) is 0 Å². The quantitative estimate of drug-likeness (QED) is 0.836. The molecule has 2 aromatic rings. The average molecular weight is 346 g/mol. The van der Waals surface area contributed by atoms with Gasteiger partial charge in [0, 0.05) is 10.7 Å². The molecule has 0 aliphatic carbocycles. The normalized spacial score (nSPS) is 11.3. The van der Waals surface area contributed by atoms with Crippen molar-refractivity contribution >= 4 is 37.5 Å². The van der Waals surface area contributed by atoms with E-state index in [1.807, 2.05) is 0 Å². The maximum Gasteiger partial charge on any atom is 0.265 e. The van der Waals surface area contributed by atoms with E-state index in [9.17, 15) is 12.8 Å². The second-order valence-electron chi connectivity index (χ2n) is 3.65. The van der Waals surface area contributed by atoms with Gasteiger partial charge in [0.2, 0.25) is 0 Å². The van der Waals surface area contributed by atoms with E-state index in [-0.39, 0.29) is 16.4 Å². The molecule has 1 aromatic heterocycles. The lowest BCUT2D eigenvalue weighted by molar-refractivity contribution is 0.600. The summed E-state index contributed by atoms with van der Waals surface area (Å²) < 4.78 is 40.0. The van der Waals surface area contributed by atoms with Crippen LogP contribution in [0, 0.1) is 5.82 Å². The molecule has 0 bridgehead atoms. The lowest BCUT2D eigenvalue weighted by Crippen LogP contribution is -2.15. The minimum absolute atomic E-state index is 0.145. The molecule has 0 fully saturated rings. The van der Waals surface area contributed by atoms with Gasteiger partial charge in [-0.15, -0.1) is 0 Å². The van der Waals surface area contributed by atoms with Crippen LogP contribution in [0.1, 0.15) is 0 Å². The fraction of sp³-hybridized carbons (Fsp3) is 0. The molecule has 0 aliphatic rings. The smallest absolute Gasteiger partial charge is 0.265 e. The lowest BCUT2D eigenvalue weighted by atomic mass is 10.3. The standard InChI is InChI=1S/C11H9BrFN3O2S/c12-7-1-4-11(15-6-7)16-19(17,18)10-3-2-8(13)5-9(10)14/h1-6H,14H2,(H,15,16). The van der Waals surface area contributed by atoms with Crippen LogP contribution in [-0.2, 0) is 10.0 Å². The highest BCUT2D eigenvalue weighted by molar-refractivity contribution is 9.10. The van der Waals surface area contributed by atoms with E-state index < -0.39 is 15.8 Å². The Labute approximate surface area is 117 Å². The van der Waals surface area contributed by atoms with Gasteiger partial charge in [0.15, 0.2) is 0 Å². The molecule has 0 radical (unpaired) electrons. The first-order valence-corrected chi connectivity index (χ1v) is 7.35. The van der Waals surface area contributed by atoms with E-state index >= 15 is 0 Å². The van der Waals surface area contributed by atoms with Crippen molar-refractivity contribution in [3.05, 3.63) is 46.8 Å². The Morgan fingerprint density at radius 3 is 2.58 bits per heavy atom. The van der Waals surface area contributed by atoms with Crippen LogP contribution in [0.5, 0.6) is 0 Å². The highest BCUT2D eigenvalue weighted by Gasteiger charge is 2.18. The summed E-state index contributed by atoms with van der Waals surface area (Å²) in [6.45, 7) is 0. The number of nitrogens with zero attached hydrogens (tertiary/aromatic N) is 1. The number of nitrogen functional groups attached to an aromatic ring is 1.